The summed E-state index contributed by atoms with van der Waals surface area (Å²) in [5.41, 5.74) is 1.25. The molecule has 1 N–H and O–H groups in total. The second-order valence-corrected chi connectivity index (χ2v) is 8.90. The molecule has 0 radical (unpaired) electrons. The maximum absolute atomic E-state index is 13.6. The Balaban J connectivity index is 1.68. The lowest BCUT2D eigenvalue weighted by atomic mass is 10.0. The number of hydrogen-bond donors (Lipinski definition) is 1. The van der Waals surface area contributed by atoms with E-state index in [1.54, 1.807) is 55.5 Å². The number of nitrogens with one attached hydrogen (secondary N) is 1. The Labute approximate surface area is 195 Å². The van der Waals surface area contributed by atoms with Crippen LogP contribution in [-0.2, 0) is 20.9 Å². The molecule has 0 aliphatic carbocycles. The number of hydrogen-bond acceptors (Lipinski definition) is 5. The van der Waals surface area contributed by atoms with Crippen LogP contribution in [0.4, 0.5) is 10.1 Å². The van der Waals surface area contributed by atoms with E-state index in [-0.39, 0.29) is 29.8 Å². The van der Waals surface area contributed by atoms with Gasteiger partial charge >= 0.3 is 0 Å². The molecule has 1 fully saturated rings. The van der Waals surface area contributed by atoms with Gasteiger partial charge in [-0.1, -0.05) is 42.1 Å². The van der Waals surface area contributed by atoms with Crippen molar-refractivity contribution < 1.29 is 23.2 Å². The van der Waals surface area contributed by atoms with E-state index >= 15 is 0 Å². The van der Waals surface area contributed by atoms with Gasteiger partial charge in [0, 0.05) is 24.4 Å². The Morgan fingerprint density at radius 3 is 2.45 bits per heavy atom. The Bertz CT molecular complexity index is 1150. The molecule has 0 saturated carbocycles. The summed E-state index contributed by atoms with van der Waals surface area (Å²) in [6, 6.07) is 17.0. The fourth-order valence-corrected chi connectivity index (χ4v) is 4.69. The second-order valence-electron chi connectivity index (χ2n) is 7.82. The summed E-state index contributed by atoms with van der Waals surface area (Å²) in [6.45, 7) is 1.92. The number of carbonyl (C=O) groups is 3. The molecule has 1 aliphatic heterocycles. The zero-order valence-corrected chi connectivity index (χ0v) is 18.8. The third kappa shape index (κ3) is 5.34. The average molecular weight is 467 g/mol. The van der Waals surface area contributed by atoms with Gasteiger partial charge in [-0.05, 0) is 48.9 Å². The number of amides is 2. The summed E-state index contributed by atoms with van der Waals surface area (Å²) in [7, 11) is 0. The first-order valence-electron chi connectivity index (χ1n) is 10.5. The molecule has 4 rings (SSSR count). The highest BCUT2D eigenvalue weighted by atomic mass is 32.2. The fourth-order valence-electron chi connectivity index (χ4n) is 3.72. The first-order chi connectivity index (χ1) is 15.9. The summed E-state index contributed by atoms with van der Waals surface area (Å²) in [5, 5.41) is 2.81. The van der Waals surface area contributed by atoms with Gasteiger partial charge in [0.1, 0.15) is 17.3 Å². The molecule has 0 spiro atoms. The van der Waals surface area contributed by atoms with Crippen molar-refractivity contribution in [2.45, 2.75) is 25.9 Å². The number of para-hydroxylation sites is 1. The number of carbonyl (C=O) groups excluding carboxylic acids is 3. The highest BCUT2D eigenvalue weighted by molar-refractivity contribution is 8.14. The molecule has 1 aromatic heterocycles. The summed E-state index contributed by atoms with van der Waals surface area (Å²) in [6.07, 6.45) is 0.133. The van der Waals surface area contributed by atoms with E-state index in [0.29, 0.717) is 23.0 Å². The monoisotopic (exact) mass is 466 g/mol. The van der Waals surface area contributed by atoms with Crippen molar-refractivity contribution in [3.8, 4) is 0 Å². The van der Waals surface area contributed by atoms with Gasteiger partial charge in [0.2, 0.25) is 5.91 Å². The molecule has 8 heteroatoms. The van der Waals surface area contributed by atoms with Gasteiger partial charge in [0.25, 0.3) is 5.91 Å². The Kier molecular flexibility index (Phi) is 6.93. The van der Waals surface area contributed by atoms with Gasteiger partial charge in [-0.25, -0.2) is 4.39 Å². The van der Waals surface area contributed by atoms with Crippen LogP contribution in [0.25, 0.3) is 0 Å². The topological polar surface area (TPSA) is 79.6 Å². The van der Waals surface area contributed by atoms with E-state index in [1.165, 1.54) is 17.0 Å². The number of halogens is 1. The van der Waals surface area contributed by atoms with Crippen molar-refractivity contribution in [2.75, 3.05) is 10.7 Å². The quantitative estimate of drug-likeness (QED) is 0.558. The lowest BCUT2D eigenvalue weighted by Crippen LogP contribution is -2.46. The number of anilines is 1. The molecule has 2 heterocycles. The van der Waals surface area contributed by atoms with Crippen molar-refractivity contribution in [3.05, 3.63) is 89.6 Å². The third-order valence-corrected chi connectivity index (χ3v) is 6.45. The summed E-state index contributed by atoms with van der Waals surface area (Å²) < 4.78 is 19.0. The lowest BCUT2D eigenvalue weighted by molar-refractivity contribution is -0.129. The predicted octanol–water partition coefficient (Wildman–Crippen LogP) is 4.40. The van der Waals surface area contributed by atoms with Gasteiger partial charge in [0.05, 0.1) is 5.92 Å². The van der Waals surface area contributed by atoms with Crippen molar-refractivity contribution in [1.82, 2.24) is 5.32 Å². The highest BCUT2D eigenvalue weighted by Crippen LogP contribution is 2.34. The van der Waals surface area contributed by atoms with Crippen LogP contribution in [0.2, 0.25) is 0 Å². The maximum Gasteiger partial charge on any atom is 0.251 e. The zero-order valence-electron chi connectivity index (χ0n) is 18.0. The third-order valence-electron chi connectivity index (χ3n) is 5.40. The van der Waals surface area contributed by atoms with Crippen LogP contribution < -0.4 is 10.2 Å². The molecule has 33 heavy (non-hydrogen) atoms. The summed E-state index contributed by atoms with van der Waals surface area (Å²) >= 11 is 1.13. The number of nitrogens with zero attached hydrogens (tertiary/aromatic N) is 1. The first kappa shape index (κ1) is 22.8. The summed E-state index contributed by atoms with van der Waals surface area (Å²) in [5.74, 6) is -0.336. The minimum atomic E-state index is -1.07. The van der Waals surface area contributed by atoms with Crippen LogP contribution in [0.3, 0.4) is 0 Å². The Morgan fingerprint density at radius 2 is 1.85 bits per heavy atom. The molecule has 0 unspecified atom stereocenters. The van der Waals surface area contributed by atoms with E-state index in [4.69, 9.17) is 4.42 Å². The minimum absolute atomic E-state index is 0.0347. The van der Waals surface area contributed by atoms with Gasteiger partial charge < -0.3 is 9.73 Å². The smallest absolute Gasteiger partial charge is 0.251 e. The van der Waals surface area contributed by atoms with Gasteiger partial charge in [-0.2, -0.15) is 0 Å². The molecule has 2 atom stereocenters. The average Bonchev–Trinajstić information content (AvgIpc) is 3.45. The highest BCUT2D eigenvalue weighted by Gasteiger charge is 2.40. The van der Waals surface area contributed by atoms with E-state index < -0.39 is 17.9 Å². The van der Waals surface area contributed by atoms with Gasteiger partial charge in [-0.3, -0.25) is 19.3 Å². The van der Waals surface area contributed by atoms with Crippen LogP contribution in [0.5, 0.6) is 0 Å². The van der Waals surface area contributed by atoms with Crippen molar-refractivity contribution in [1.29, 1.82) is 0 Å². The largest absolute Gasteiger partial charge is 0.464 e. The van der Waals surface area contributed by atoms with E-state index in [9.17, 15) is 18.8 Å². The van der Waals surface area contributed by atoms with Crippen molar-refractivity contribution >= 4 is 34.4 Å². The van der Waals surface area contributed by atoms with Crippen LogP contribution >= 0.6 is 11.8 Å². The van der Waals surface area contributed by atoms with Crippen molar-refractivity contribution in [3.63, 3.8) is 0 Å². The van der Waals surface area contributed by atoms with Gasteiger partial charge in [-0.15, -0.1) is 0 Å². The molecule has 2 aromatic carbocycles. The first-order valence-corrected chi connectivity index (χ1v) is 11.5. The fraction of sp³-hybridized carbons (Fsp3) is 0.240. The second kappa shape index (κ2) is 10.0. The standard InChI is InChI=1S/C25H23FN2O4S/c1-16-7-12-21(32-16)23(24(30)27-14-17-8-10-19(26)11-9-17)28(20-5-3-2-4-6-20)25(31)18-13-22(29)33-15-18/h2-12,18,23H,13-15H2,1H3,(H,27,30)/t18-,23-/m1/s1. The van der Waals surface area contributed by atoms with Crippen LogP contribution in [0, 0.1) is 18.7 Å². The molecule has 1 aliphatic rings. The number of thioether (sulfide) groups is 1. The predicted molar refractivity (Wildman–Crippen MR) is 124 cm³/mol. The SMILES string of the molecule is Cc1ccc([C@H](C(=O)NCc2ccc(F)cc2)N(C(=O)[C@H]2CSC(=O)C2)c2ccccc2)o1. The molecular formula is C25H23FN2O4S. The minimum Gasteiger partial charge on any atom is -0.464 e. The van der Waals surface area contributed by atoms with E-state index in [1.807, 2.05) is 6.07 Å². The number of rotatable bonds is 7. The molecule has 6 nitrogen and oxygen atoms in total. The van der Waals surface area contributed by atoms with Crippen LogP contribution in [0.15, 0.2) is 71.1 Å². The molecule has 1 saturated heterocycles. The molecule has 3 aromatic rings. The molecular weight excluding hydrogens is 443 g/mol. The zero-order chi connectivity index (χ0) is 23.4. The molecule has 2 amide bonds. The van der Waals surface area contributed by atoms with E-state index in [0.717, 1.165) is 17.3 Å². The number of furan rings is 1. The van der Waals surface area contributed by atoms with Crippen LogP contribution in [0.1, 0.15) is 29.5 Å². The number of benzene rings is 2. The number of aryl methyl sites for hydroxylation is 1. The Hall–Kier alpha value is -3.39. The Morgan fingerprint density at radius 1 is 1.12 bits per heavy atom. The molecule has 0 bridgehead atoms. The van der Waals surface area contributed by atoms with E-state index in [2.05, 4.69) is 5.32 Å². The molecule has 170 valence electrons. The van der Waals surface area contributed by atoms with Gasteiger partial charge in [0.15, 0.2) is 11.2 Å². The van der Waals surface area contributed by atoms with Crippen LogP contribution in [-0.4, -0.2) is 22.7 Å². The van der Waals surface area contributed by atoms with Crippen molar-refractivity contribution in [2.24, 2.45) is 5.92 Å². The normalized spacial score (nSPS) is 16.4. The lowest BCUT2D eigenvalue weighted by Gasteiger charge is -2.31. The maximum atomic E-state index is 13.6. The summed E-state index contributed by atoms with van der Waals surface area (Å²) in [4.78, 5) is 40.4.